The highest BCUT2D eigenvalue weighted by molar-refractivity contribution is 9.10. The number of aryl methyl sites for hydroxylation is 1. The van der Waals surface area contributed by atoms with Crippen LogP contribution in [-0.2, 0) is 6.42 Å². The molecule has 0 amide bonds. The van der Waals surface area contributed by atoms with Crippen molar-refractivity contribution < 1.29 is 0 Å². The fraction of sp³-hybridized carbons (Fsp3) is 0.103. The highest BCUT2D eigenvalue weighted by Crippen LogP contribution is 2.41. The molecular weight excluding hydrogens is 504 g/mol. The van der Waals surface area contributed by atoms with Crippen LogP contribution in [0.1, 0.15) is 34.7 Å². The Hall–Kier alpha value is -3.28. The first-order chi connectivity index (χ1) is 16.7. The molecule has 3 nitrogen and oxygen atoms in total. The Morgan fingerprint density at radius 3 is 2.53 bits per heavy atom. The predicted octanol–water partition coefficient (Wildman–Crippen LogP) is 5.75. The van der Waals surface area contributed by atoms with Gasteiger partial charge in [0.05, 0.1) is 16.3 Å². The van der Waals surface area contributed by atoms with Crippen LogP contribution in [0.3, 0.4) is 0 Å². The predicted molar refractivity (Wildman–Crippen MR) is 143 cm³/mol. The molecule has 1 atom stereocenters. The number of nitrogens with zero attached hydrogens (tertiary/aromatic N) is 2. The zero-order valence-electron chi connectivity index (χ0n) is 18.3. The molecule has 0 radical (unpaired) electrons. The van der Waals surface area contributed by atoms with Gasteiger partial charge >= 0.3 is 0 Å². The lowest BCUT2D eigenvalue weighted by Crippen LogP contribution is -2.38. The summed E-state index contributed by atoms with van der Waals surface area (Å²) in [5.74, 6) is 0. The number of benzene rings is 3. The molecule has 1 aliphatic heterocycles. The molecule has 4 aromatic rings. The van der Waals surface area contributed by atoms with Crippen LogP contribution < -0.4 is 14.9 Å². The summed E-state index contributed by atoms with van der Waals surface area (Å²) in [6.45, 7) is 0. The van der Waals surface area contributed by atoms with E-state index in [4.69, 9.17) is 4.99 Å². The molecule has 0 N–H and O–H groups in total. The van der Waals surface area contributed by atoms with Crippen LogP contribution in [0.4, 0.5) is 0 Å². The number of halogens is 1. The van der Waals surface area contributed by atoms with Crippen LogP contribution in [0, 0.1) is 0 Å². The molecular formula is C29H21BrN2OS. The number of hydrogen-bond acceptors (Lipinski definition) is 3. The lowest BCUT2D eigenvalue weighted by Gasteiger charge is -2.30. The number of rotatable bonds is 3. The van der Waals surface area contributed by atoms with E-state index in [-0.39, 0.29) is 11.6 Å². The van der Waals surface area contributed by atoms with Crippen molar-refractivity contribution in [1.29, 1.82) is 0 Å². The van der Waals surface area contributed by atoms with Gasteiger partial charge in [0, 0.05) is 10.0 Å². The molecule has 0 unspecified atom stereocenters. The minimum atomic E-state index is -0.145. The molecule has 5 heteroatoms. The molecule has 1 aliphatic carbocycles. The fourth-order valence-corrected chi connectivity index (χ4v) is 6.01. The van der Waals surface area contributed by atoms with Crippen molar-refractivity contribution in [2.75, 3.05) is 0 Å². The normalized spacial score (nSPS) is 17.3. The maximum Gasteiger partial charge on any atom is 0.271 e. The number of fused-ring (bicyclic) bond motifs is 3. The Morgan fingerprint density at radius 2 is 1.71 bits per heavy atom. The summed E-state index contributed by atoms with van der Waals surface area (Å²) in [4.78, 5) is 19.5. The smallest absolute Gasteiger partial charge is 0.271 e. The Labute approximate surface area is 209 Å². The number of aromatic nitrogens is 1. The highest BCUT2D eigenvalue weighted by atomic mass is 79.9. The SMILES string of the molecule is O=c1/c(=C/C=C/c2ccccc2)sc2n1[C@H](c1ccc(Br)cc1)C1=C(N=2)c2ccccc2CC1. The molecule has 34 heavy (non-hydrogen) atoms. The van der Waals surface area contributed by atoms with E-state index < -0.39 is 0 Å². The summed E-state index contributed by atoms with van der Waals surface area (Å²) in [6, 6.07) is 26.8. The Kier molecular flexibility index (Phi) is 5.52. The number of hydrogen-bond donors (Lipinski definition) is 0. The summed E-state index contributed by atoms with van der Waals surface area (Å²) in [7, 11) is 0. The van der Waals surface area contributed by atoms with E-state index in [9.17, 15) is 4.79 Å². The lowest BCUT2D eigenvalue weighted by molar-refractivity contribution is 0.585. The van der Waals surface area contributed by atoms with Crippen LogP contribution in [-0.4, -0.2) is 4.57 Å². The van der Waals surface area contributed by atoms with E-state index >= 15 is 0 Å². The number of allylic oxidation sites excluding steroid dienone is 2. The maximum atomic E-state index is 13.6. The third-order valence-electron chi connectivity index (χ3n) is 6.39. The van der Waals surface area contributed by atoms with Gasteiger partial charge in [0.15, 0.2) is 4.80 Å². The first kappa shape index (κ1) is 21.3. The van der Waals surface area contributed by atoms with Gasteiger partial charge in [0.25, 0.3) is 5.56 Å². The maximum absolute atomic E-state index is 13.6. The third-order valence-corrected chi connectivity index (χ3v) is 7.92. The van der Waals surface area contributed by atoms with Gasteiger partial charge in [-0.05, 0) is 53.3 Å². The molecule has 0 saturated heterocycles. The monoisotopic (exact) mass is 524 g/mol. The molecule has 0 bridgehead atoms. The summed E-state index contributed by atoms with van der Waals surface area (Å²) in [5.41, 5.74) is 6.99. The molecule has 6 rings (SSSR count). The van der Waals surface area contributed by atoms with Crippen molar-refractivity contribution in [3.8, 4) is 0 Å². The number of thiazole rings is 1. The van der Waals surface area contributed by atoms with Crippen molar-refractivity contribution >= 4 is 45.1 Å². The molecule has 0 spiro atoms. The minimum absolute atomic E-state index is 0.0137. The van der Waals surface area contributed by atoms with Crippen LogP contribution in [0.25, 0.3) is 17.8 Å². The summed E-state index contributed by atoms with van der Waals surface area (Å²) in [5, 5.41) is 0. The van der Waals surface area contributed by atoms with Crippen LogP contribution in [0.2, 0.25) is 0 Å². The van der Waals surface area contributed by atoms with Gasteiger partial charge in [-0.3, -0.25) is 9.36 Å². The van der Waals surface area contributed by atoms with E-state index in [1.54, 1.807) is 0 Å². The van der Waals surface area contributed by atoms with Crippen molar-refractivity contribution in [3.63, 3.8) is 0 Å². The van der Waals surface area contributed by atoms with E-state index in [2.05, 4.69) is 52.3 Å². The van der Waals surface area contributed by atoms with E-state index in [1.165, 1.54) is 28.0 Å². The van der Waals surface area contributed by atoms with Crippen molar-refractivity contribution in [2.45, 2.75) is 18.9 Å². The van der Waals surface area contributed by atoms with Gasteiger partial charge in [0.2, 0.25) is 0 Å². The molecule has 166 valence electrons. The molecule has 0 saturated carbocycles. The van der Waals surface area contributed by atoms with Crippen molar-refractivity contribution in [2.24, 2.45) is 4.99 Å². The fourth-order valence-electron chi connectivity index (χ4n) is 4.79. The van der Waals surface area contributed by atoms with Gasteiger partial charge < -0.3 is 0 Å². The van der Waals surface area contributed by atoms with Crippen molar-refractivity contribution in [1.82, 2.24) is 4.57 Å². The second-order valence-corrected chi connectivity index (χ2v) is 10.4. The van der Waals surface area contributed by atoms with Crippen LogP contribution in [0.15, 0.2) is 105 Å². The second kappa shape index (κ2) is 8.82. The molecule has 2 heterocycles. The third kappa shape index (κ3) is 3.75. The second-order valence-electron chi connectivity index (χ2n) is 8.46. The lowest BCUT2D eigenvalue weighted by atomic mass is 9.83. The Bertz CT molecular complexity index is 1630. The van der Waals surface area contributed by atoms with Crippen LogP contribution in [0.5, 0.6) is 0 Å². The first-order valence-corrected chi connectivity index (χ1v) is 12.9. The first-order valence-electron chi connectivity index (χ1n) is 11.3. The Balaban J connectivity index is 1.54. The molecule has 0 fully saturated rings. The van der Waals surface area contributed by atoms with Gasteiger partial charge in [0.1, 0.15) is 0 Å². The van der Waals surface area contributed by atoms with Crippen LogP contribution >= 0.6 is 27.3 Å². The summed E-state index contributed by atoms with van der Waals surface area (Å²) < 4.78 is 3.61. The Morgan fingerprint density at radius 1 is 0.941 bits per heavy atom. The molecule has 3 aromatic carbocycles. The van der Waals surface area contributed by atoms with E-state index in [0.29, 0.717) is 4.53 Å². The zero-order chi connectivity index (χ0) is 23.1. The van der Waals surface area contributed by atoms with Gasteiger partial charge in [-0.25, -0.2) is 4.99 Å². The largest absolute Gasteiger partial charge is 0.272 e. The quantitative estimate of drug-likeness (QED) is 0.336. The van der Waals surface area contributed by atoms with Gasteiger partial charge in [-0.15, -0.1) is 0 Å². The van der Waals surface area contributed by atoms with Crippen molar-refractivity contribution in [3.05, 3.63) is 137 Å². The average Bonchev–Trinajstić information content (AvgIpc) is 3.19. The van der Waals surface area contributed by atoms with Gasteiger partial charge in [-0.2, -0.15) is 0 Å². The standard InChI is InChI=1S/C29H21BrN2OS/c30-22-16-13-21(14-17-22)27-24-18-15-20-10-4-5-11-23(20)26(24)31-29-32(27)28(33)25(34-29)12-6-9-19-7-2-1-3-8-19/h1-14,16-17,27H,15,18H2/b9-6+,25-12-/t27-/m1/s1. The average molecular weight is 525 g/mol. The topological polar surface area (TPSA) is 34.4 Å². The summed E-state index contributed by atoms with van der Waals surface area (Å²) in [6.07, 6.45) is 7.74. The molecule has 1 aromatic heterocycles. The summed E-state index contributed by atoms with van der Waals surface area (Å²) >= 11 is 5.01. The molecule has 2 aliphatic rings. The minimum Gasteiger partial charge on any atom is -0.272 e. The highest BCUT2D eigenvalue weighted by Gasteiger charge is 2.32. The van der Waals surface area contributed by atoms with E-state index in [0.717, 1.165) is 38.9 Å². The zero-order valence-corrected chi connectivity index (χ0v) is 20.7. The van der Waals surface area contributed by atoms with Gasteiger partial charge in [-0.1, -0.05) is 106 Å². The van der Waals surface area contributed by atoms with E-state index in [1.807, 2.05) is 65.3 Å².